The molecule has 0 aliphatic heterocycles. The molecule has 0 amide bonds. The summed E-state index contributed by atoms with van der Waals surface area (Å²) in [4.78, 5) is 9.00. The Morgan fingerprint density at radius 3 is 1.50 bits per heavy atom. The third kappa shape index (κ3) is 14.9. The summed E-state index contributed by atoms with van der Waals surface area (Å²) in [6.07, 6.45) is 8.18. The van der Waals surface area contributed by atoms with Crippen molar-refractivity contribution in [3.63, 3.8) is 0 Å². The largest absolute Gasteiger partial charge is 0.481 e. The van der Waals surface area contributed by atoms with E-state index in [1.807, 2.05) is 0 Å². The average Bonchev–Trinajstić information content (AvgIpc) is 2.48. The van der Waals surface area contributed by atoms with E-state index in [1.165, 1.54) is 56.3 Å². The van der Waals surface area contributed by atoms with Crippen molar-refractivity contribution < 1.29 is 15.0 Å². The van der Waals surface area contributed by atoms with Crippen molar-refractivity contribution in [3.8, 4) is 0 Å². The summed E-state index contributed by atoms with van der Waals surface area (Å²) in [7, 11) is 0. The van der Waals surface area contributed by atoms with Crippen LogP contribution in [0.25, 0.3) is 0 Å². The maximum Gasteiger partial charge on any atom is 0.300 e. The second-order valence-corrected chi connectivity index (χ2v) is 20.3. The number of unbranched alkanes of at least 4 members (excludes halogenated alkanes) is 3. The molecule has 0 spiro atoms. The van der Waals surface area contributed by atoms with Crippen LogP contribution in [0.3, 0.4) is 0 Å². The first kappa shape index (κ1) is 24.2. The Balaban J connectivity index is 0. The third-order valence-corrected chi connectivity index (χ3v) is 19.7. The molecule has 0 unspecified atom stereocenters. The Kier molecular flexibility index (Phi) is 17.5. The standard InChI is InChI=1S/C4H7O.3C4H9.C2H4O2.Sn/c1-4(2)3-5;3*1-3-4-2;1-2(3)4;/h5H,1-3H2;3*1,3-4H2,2H3;1H3,(H,3,4);. The predicted octanol–water partition coefficient (Wildman–Crippen LogP) is 5.47. The molecular formula is C18H38O3Sn. The van der Waals surface area contributed by atoms with Crippen LogP contribution >= 0.6 is 0 Å². The van der Waals surface area contributed by atoms with Gasteiger partial charge in [0, 0.05) is 6.92 Å². The predicted molar refractivity (Wildman–Crippen MR) is 99.2 cm³/mol. The molecule has 0 aromatic carbocycles. The molecule has 0 heterocycles. The van der Waals surface area contributed by atoms with E-state index >= 15 is 0 Å². The second-order valence-electron chi connectivity index (χ2n) is 6.41. The molecule has 0 fully saturated rings. The summed E-state index contributed by atoms with van der Waals surface area (Å²) in [5, 5.41) is 16.7. The molecule has 0 aromatic rings. The number of carbonyl (C=O) groups is 1. The van der Waals surface area contributed by atoms with Gasteiger partial charge in [-0.1, -0.05) is 0 Å². The van der Waals surface area contributed by atoms with Gasteiger partial charge in [0.05, 0.1) is 0 Å². The van der Waals surface area contributed by atoms with Gasteiger partial charge in [-0.15, -0.1) is 0 Å². The molecule has 0 bridgehead atoms. The fourth-order valence-corrected chi connectivity index (χ4v) is 19.3. The zero-order chi connectivity index (χ0) is 17.4. The van der Waals surface area contributed by atoms with Crippen molar-refractivity contribution in [1.29, 1.82) is 0 Å². The molecule has 0 aromatic heterocycles. The number of aliphatic hydroxyl groups excluding tert-OH is 1. The summed E-state index contributed by atoms with van der Waals surface area (Å²) in [5.41, 5.74) is 1.12. The van der Waals surface area contributed by atoms with E-state index in [1.54, 1.807) is 0 Å². The van der Waals surface area contributed by atoms with E-state index in [9.17, 15) is 5.11 Å². The minimum atomic E-state index is -2.03. The van der Waals surface area contributed by atoms with Crippen LogP contribution in [0.2, 0.25) is 17.7 Å². The maximum absolute atomic E-state index is 9.31. The molecule has 0 saturated carbocycles. The molecule has 132 valence electrons. The molecular weight excluding hydrogens is 383 g/mol. The quantitative estimate of drug-likeness (QED) is 0.324. The van der Waals surface area contributed by atoms with Crippen molar-refractivity contribution in [1.82, 2.24) is 0 Å². The Bertz CT molecular complexity index is 264. The monoisotopic (exact) mass is 422 g/mol. The van der Waals surface area contributed by atoms with Gasteiger partial charge >= 0.3 is 119 Å². The van der Waals surface area contributed by atoms with Crippen LogP contribution in [-0.4, -0.2) is 41.2 Å². The van der Waals surface area contributed by atoms with Gasteiger partial charge in [0.15, 0.2) is 0 Å². The molecule has 22 heavy (non-hydrogen) atoms. The molecule has 3 nitrogen and oxygen atoms in total. The van der Waals surface area contributed by atoms with E-state index in [4.69, 9.17) is 9.90 Å². The van der Waals surface area contributed by atoms with Gasteiger partial charge < -0.3 is 5.11 Å². The Morgan fingerprint density at radius 1 is 0.955 bits per heavy atom. The zero-order valence-electron chi connectivity index (χ0n) is 15.3. The van der Waals surface area contributed by atoms with Crippen molar-refractivity contribution in [2.45, 2.75) is 84.0 Å². The molecule has 2 N–H and O–H groups in total. The smallest absolute Gasteiger partial charge is 0.300 e. The molecule has 0 radical (unpaired) electrons. The van der Waals surface area contributed by atoms with Crippen LogP contribution in [0, 0.1) is 0 Å². The number of aliphatic carboxylic acids is 1. The molecule has 0 rings (SSSR count). The number of hydrogen-bond acceptors (Lipinski definition) is 2. The van der Waals surface area contributed by atoms with Gasteiger partial charge in [0.1, 0.15) is 0 Å². The number of rotatable bonds is 12. The van der Waals surface area contributed by atoms with Gasteiger partial charge in [-0.2, -0.15) is 0 Å². The van der Waals surface area contributed by atoms with Crippen molar-refractivity contribution in [2.75, 3.05) is 6.61 Å². The summed E-state index contributed by atoms with van der Waals surface area (Å²) < 4.78 is 5.80. The van der Waals surface area contributed by atoms with Crippen LogP contribution in [0.1, 0.15) is 66.2 Å². The normalized spacial score (nSPS) is 10.8. The van der Waals surface area contributed by atoms with E-state index in [-0.39, 0.29) is 6.61 Å². The summed E-state index contributed by atoms with van der Waals surface area (Å²) >= 11 is -2.03. The van der Waals surface area contributed by atoms with Crippen LogP contribution in [0.4, 0.5) is 0 Å². The summed E-state index contributed by atoms with van der Waals surface area (Å²) in [6.45, 7) is 12.3. The third-order valence-electron chi connectivity index (χ3n) is 4.03. The number of carboxylic acid groups (broad SMARTS) is 1. The minimum Gasteiger partial charge on any atom is -0.481 e. The van der Waals surface area contributed by atoms with Crippen LogP contribution in [-0.2, 0) is 4.79 Å². The average molecular weight is 421 g/mol. The number of aliphatic hydroxyl groups is 1. The van der Waals surface area contributed by atoms with Gasteiger partial charge in [0.25, 0.3) is 5.97 Å². The molecule has 0 aliphatic rings. The van der Waals surface area contributed by atoms with E-state index in [0.29, 0.717) is 0 Å². The van der Waals surface area contributed by atoms with E-state index < -0.39 is 24.3 Å². The Morgan fingerprint density at radius 2 is 1.27 bits per heavy atom. The fourth-order valence-electron chi connectivity index (χ4n) is 2.88. The second kappa shape index (κ2) is 15.8. The zero-order valence-corrected chi connectivity index (χ0v) is 18.1. The minimum absolute atomic E-state index is 0.211. The van der Waals surface area contributed by atoms with Crippen molar-refractivity contribution in [2.24, 2.45) is 0 Å². The first-order valence-electron chi connectivity index (χ1n) is 8.84. The SMILES string of the molecule is C=C(CO)[CH2][Sn]([CH2]CCC)([CH2]CCC)[CH2]CCC.CC(=O)O. The van der Waals surface area contributed by atoms with Crippen LogP contribution in [0.5, 0.6) is 0 Å². The van der Waals surface area contributed by atoms with Gasteiger partial charge in [-0.25, -0.2) is 0 Å². The van der Waals surface area contributed by atoms with Crippen molar-refractivity contribution in [3.05, 3.63) is 12.2 Å². The van der Waals surface area contributed by atoms with Crippen LogP contribution in [0.15, 0.2) is 12.2 Å². The van der Waals surface area contributed by atoms with Crippen LogP contribution < -0.4 is 0 Å². The summed E-state index contributed by atoms with van der Waals surface area (Å²) in [6, 6.07) is 0. The Labute approximate surface area is 142 Å². The number of carboxylic acids is 1. The fraction of sp³-hybridized carbons (Fsp3) is 0.833. The summed E-state index contributed by atoms with van der Waals surface area (Å²) in [5.74, 6) is -0.833. The Hall–Kier alpha value is -0.0313. The first-order valence-corrected chi connectivity index (χ1v) is 16.9. The van der Waals surface area contributed by atoms with Gasteiger partial charge in [-0.05, 0) is 0 Å². The topological polar surface area (TPSA) is 57.5 Å². The number of hydrogen-bond donors (Lipinski definition) is 2. The molecule has 4 heteroatoms. The molecule has 0 saturated heterocycles. The molecule has 0 aliphatic carbocycles. The van der Waals surface area contributed by atoms with Crippen molar-refractivity contribution >= 4 is 24.3 Å². The van der Waals surface area contributed by atoms with Gasteiger partial charge in [0.2, 0.25) is 0 Å². The maximum atomic E-state index is 9.31. The van der Waals surface area contributed by atoms with E-state index in [0.717, 1.165) is 12.5 Å². The van der Waals surface area contributed by atoms with Gasteiger partial charge in [-0.3, -0.25) is 4.79 Å². The van der Waals surface area contributed by atoms with E-state index in [2.05, 4.69) is 27.4 Å². The first-order chi connectivity index (χ1) is 10.4. The molecule has 0 atom stereocenters.